The molecule has 0 N–H and O–H groups in total. The van der Waals surface area contributed by atoms with Gasteiger partial charge >= 0.3 is 0 Å². The van der Waals surface area contributed by atoms with Gasteiger partial charge < -0.3 is 0 Å². The maximum absolute atomic E-state index is 2.28. The van der Waals surface area contributed by atoms with Crippen molar-refractivity contribution in [3.05, 3.63) is 11.6 Å². The molecule has 0 atom stereocenters. The molecule has 0 rings (SSSR count). The molecule has 54 valence electrons. The third kappa shape index (κ3) is 2.21. The summed E-state index contributed by atoms with van der Waals surface area (Å²) < 4.78 is 0. The molecule has 0 saturated carbocycles. The van der Waals surface area contributed by atoms with Crippen LogP contribution >= 0.6 is 0 Å². The van der Waals surface area contributed by atoms with Gasteiger partial charge in [0.2, 0.25) is 0 Å². The molecule has 0 heterocycles. The minimum Gasteiger partial charge on any atom is -0.0882 e. The molecule has 0 radical (unpaired) electrons. The molecule has 0 heteroatoms. The minimum atomic E-state index is 0.411. The lowest BCUT2D eigenvalue weighted by Gasteiger charge is -2.23. The van der Waals surface area contributed by atoms with E-state index >= 15 is 0 Å². The number of rotatable bonds is 2. The third-order valence-corrected chi connectivity index (χ3v) is 2.38. The summed E-state index contributed by atoms with van der Waals surface area (Å²) in [6, 6.07) is 0. The quantitative estimate of drug-likeness (QED) is 0.497. The fourth-order valence-electron chi connectivity index (χ4n) is 0.670. The van der Waals surface area contributed by atoms with Gasteiger partial charge in [0.15, 0.2) is 0 Å². The van der Waals surface area contributed by atoms with Gasteiger partial charge in [-0.05, 0) is 25.7 Å². The lowest BCUT2D eigenvalue weighted by Crippen LogP contribution is -2.10. The molecule has 9 heavy (non-hydrogen) atoms. The van der Waals surface area contributed by atoms with Crippen molar-refractivity contribution in [2.24, 2.45) is 5.41 Å². The zero-order chi connectivity index (χ0) is 7.49. The highest BCUT2D eigenvalue weighted by Crippen LogP contribution is 2.28. The van der Waals surface area contributed by atoms with E-state index < -0.39 is 0 Å². The fraction of sp³-hybridized carbons (Fsp3) is 0.778. The van der Waals surface area contributed by atoms with Crippen LogP contribution in [0.1, 0.15) is 41.0 Å². The zero-order valence-corrected chi connectivity index (χ0v) is 7.28. The Hall–Kier alpha value is -0.260. The van der Waals surface area contributed by atoms with Crippen LogP contribution in [0.2, 0.25) is 0 Å². The molecule has 0 saturated heterocycles. The molecule has 0 fully saturated rings. The Kier molecular flexibility index (Phi) is 2.96. The number of allylic oxidation sites excluding steroid dienone is 2. The summed E-state index contributed by atoms with van der Waals surface area (Å²) in [5.74, 6) is 0. The molecule has 0 aromatic carbocycles. The van der Waals surface area contributed by atoms with Crippen LogP contribution in [0, 0.1) is 5.41 Å². The Labute approximate surface area is 59.0 Å². The van der Waals surface area contributed by atoms with E-state index in [0.717, 1.165) is 0 Å². The lowest BCUT2D eigenvalue weighted by atomic mass is 9.83. The first-order valence-corrected chi connectivity index (χ1v) is 3.68. The van der Waals surface area contributed by atoms with Crippen molar-refractivity contribution in [1.29, 1.82) is 0 Å². The van der Waals surface area contributed by atoms with E-state index in [4.69, 9.17) is 0 Å². The fourth-order valence-corrected chi connectivity index (χ4v) is 0.670. The van der Waals surface area contributed by atoms with Gasteiger partial charge in [0, 0.05) is 0 Å². The van der Waals surface area contributed by atoms with Crippen LogP contribution < -0.4 is 0 Å². The van der Waals surface area contributed by atoms with Gasteiger partial charge in [-0.2, -0.15) is 0 Å². The molecular formula is C9H18. The number of hydrogen-bond donors (Lipinski definition) is 0. The van der Waals surface area contributed by atoms with E-state index in [1.165, 1.54) is 12.0 Å². The summed E-state index contributed by atoms with van der Waals surface area (Å²) in [6.45, 7) is 11.1. The zero-order valence-electron chi connectivity index (χ0n) is 7.28. The van der Waals surface area contributed by atoms with Crippen LogP contribution in [-0.2, 0) is 0 Å². The Morgan fingerprint density at radius 2 is 1.89 bits per heavy atom. The molecule has 0 spiro atoms. The normalized spacial score (nSPS) is 14.1. The maximum atomic E-state index is 2.28. The standard InChI is InChI=1S/C9H18/c1-6-8(3)9(4,5)7-2/h6H,7H2,1-5H3. The van der Waals surface area contributed by atoms with Gasteiger partial charge in [0.05, 0.1) is 0 Å². The van der Waals surface area contributed by atoms with Gasteiger partial charge in [0.1, 0.15) is 0 Å². The highest BCUT2D eigenvalue weighted by Gasteiger charge is 2.15. The molecule has 0 bridgehead atoms. The molecule has 0 unspecified atom stereocenters. The molecule has 0 aliphatic heterocycles. The van der Waals surface area contributed by atoms with Crippen molar-refractivity contribution in [1.82, 2.24) is 0 Å². The summed E-state index contributed by atoms with van der Waals surface area (Å²) in [5.41, 5.74) is 1.90. The lowest BCUT2D eigenvalue weighted by molar-refractivity contribution is 0.429. The predicted molar refractivity (Wildman–Crippen MR) is 43.5 cm³/mol. The summed E-state index contributed by atoms with van der Waals surface area (Å²) in [5, 5.41) is 0. The molecular weight excluding hydrogens is 108 g/mol. The Morgan fingerprint density at radius 1 is 1.44 bits per heavy atom. The average Bonchev–Trinajstić information content (AvgIpc) is 1.86. The topological polar surface area (TPSA) is 0 Å². The van der Waals surface area contributed by atoms with E-state index in [1.807, 2.05) is 0 Å². The monoisotopic (exact) mass is 126 g/mol. The molecule has 0 aromatic heterocycles. The van der Waals surface area contributed by atoms with Crippen LogP contribution in [-0.4, -0.2) is 0 Å². The highest BCUT2D eigenvalue weighted by atomic mass is 14.2. The minimum absolute atomic E-state index is 0.411. The maximum Gasteiger partial charge on any atom is -0.0150 e. The first kappa shape index (κ1) is 8.74. The van der Waals surface area contributed by atoms with E-state index in [2.05, 4.69) is 40.7 Å². The summed E-state index contributed by atoms with van der Waals surface area (Å²) in [4.78, 5) is 0. The van der Waals surface area contributed by atoms with Crippen LogP contribution in [0.25, 0.3) is 0 Å². The second-order valence-corrected chi connectivity index (χ2v) is 3.21. The number of hydrogen-bond acceptors (Lipinski definition) is 0. The van der Waals surface area contributed by atoms with Gasteiger partial charge in [-0.1, -0.05) is 32.4 Å². The van der Waals surface area contributed by atoms with Crippen molar-refractivity contribution in [2.45, 2.75) is 41.0 Å². The molecule has 0 aliphatic rings. The van der Waals surface area contributed by atoms with Crippen LogP contribution in [0.15, 0.2) is 11.6 Å². The Bertz CT molecular complexity index is 107. The van der Waals surface area contributed by atoms with E-state index in [9.17, 15) is 0 Å². The SMILES string of the molecule is CC=C(C)C(C)(C)CC. The predicted octanol–water partition coefficient (Wildman–Crippen LogP) is 3.39. The first-order valence-electron chi connectivity index (χ1n) is 3.68. The molecule has 0 aromatic rings. The van der Waals surface area contributed by atoms with Crippen molar-refractivity contribution >= 4 is 0 Å². The van der Waals surface area contributed by atoms with Crippen molar-refractivity contribution in [3.8, 4) is 0 Å². The van der Waals surface area contributed by atoms with Gasteiger partial charge in [-0.3, -0.25) is 0 Å². The van der Waals surface area contributed by atoms with Crippen molar-refractivity contribution in [2.75, 3.05) is 0 Å². The third-order valence-electron chi connectivity index (χ3n) is 2.38. The van der Waals surface area contributed by atoms with E-state index in [0.29, 0.717) is 5.41 Å². The van der Waals surface area contributed by atoms with Crippen LogP contribution in [0.4, 0.5) is 0 Å². The molecule has 0 nitrogen and oxygen atoms in total. The molecule has 0 aliphatic carbocycles. The van der Waals surface area contributed by atoms with E-state index in [-0.39, 0.29) is 0 Å². The van der Waals surface area contributed by atoms with E-state index in [1.54, 1.807) is 0 Å². The van der Waals surface area contributed by atoms with Crippen LogP contribution in [0.3, 0.4) is 0 Å². The van der Waals surface area contributed by atoms with Gasteiger partial charge in [-0.15, -0.1) is 0 Å². The second-order valence-electron chi connectivity index (χ2n) is 3.21. The molecule has 0 amide bonds. The average molecular weight is 126 g/mol. The Morgan fingerprint density at radius 3 is 2.00 bits per heavy atom. The van der Waals surface area contributed by atoms with Crippen LogP contribution in [0.5, 0.6) is 0 Å². The summed E-state index contributed by atoms with van der Waals surface area (Å²) >= 11 is 0. The largest absolute Gasteiger partial charge is 0.0882 e. The van der Waals surface area contributed by atoms with Gasteiger partial charge in [0.25, 0.3) is 0 Å². The highest BCUT2D eigenvalue weighted by molar-refractivity contribution is 5.06. The van der Waals surface area contributed by atoms with Crippen molar-refractivity contribution < 1.29 is 0 Å². The van der Waals surface area contributed by atoms with Crippen molar-refractivity contribution in [3.63, 3.8) is 0 Å². The second kappa shape index (κ2) is 3.05. The summed E-state index contributed by atoms with van der Waals surface area (Å²) in [6.07, 6.45) is 3.42. The first-order chi connectivity index (χ1) is 4.04. The summed E-state index contributed by atoms with van der Waals surface area (Å²) in [7, 11) is 0. The Balaban J connectivity index is 4.14. The smallest absolute Gasteiger partial charge is 0.0150 e. The van der Waals surface area contributed by atoms with Gasteiger partial charge in [-0.25, -0.2) is 0 Å².